The van der Waals surface area contributed by atoms with Gasteiger partial charge in [-0.3, -0.25) is 0 Å². The molecule has 1 unspecified atom stereocenters. The van der Waals surface area contributed by atoms with Crippen LogP contribution in [0.25, 0.3) is 0 Å². The van der Waals surface area contributed by atoms with E-state index in [-0.39, 0.29) is 0 Å². The van der Waals surface area contributed by atoms with Gasteiger partial charge in [0.05, 0.1) is 0 Å². The first kappa shape index (κ1) is 15.0. The average molecular weight is 249 g/mol. The molecule has 1 rings (SSSR count). The smallest absolute Gasteiger partial charge is 0.133 e. The number of hydrogen-bond acceptors (Lipinski definition) is 3. The molecule has 0 fully saturated rings. The minimum atomic E-state index is 0.344. The van der Waals surface area contributed by atoms with Gasteiger partial charge in [0, 0.05) is 30.4 Å². The first-order valence-electron chi connectivity index (χ1n) is 7.06. The summed E-state index contributed by atoms with van der Waals surface area (Å²) in [6, 6.07) is 5.03. The maximum atomic E-state index is 4.61. The number of anilines is 1. The lowest BCUT2D eigenvalue weighted by atomic mass is 10.1. The van der Waals surface area contributed by atoms with Crippen LogP contribution in [0.5, 0.6) is 0 Å². The number of rotatable bonds is 7. The zero-order valence-electron chi connectivity index (χ0n) is 12.4. The summed E-state index contributed by atoms with van der Waals surface area (Å²) in [6.45, 7) is 13.0. The van der Waals surface area contributed by atoms with E-state index in [0.29, 0.717) is 12.1 Å². The molecule has 0 aromatic carbocycles. The molecule has 0 saturated heterocycles. The van der Waals surface area contributed by atoms with Crippen molar-refractivity contribution in [3.63, 3.8) is 0 Å². The minimum Gasteiger partial charge on any atom is -0.354 e. The standard InChI is InChI=1S/C15H27N3/c1-6-11-18(12(3)4)15-14(9-8-10-17-15)13(5)16-7-2/h8-10,12-13,16H,6-7,11H2,1-5H3. The van der Waals surface area contributed by atoms with Crippen LogP contribution in [-0.2, 0) is 0 Å². The molecule has 102 valence electrons. The van der Waals surface area contributed by atoms with Crippen molar-refractivity contribution in [2.75, 3.05) is 18.0 Å². The molecular weight excluding hydrogens is 222 g/mol. The summed E-state index contributed by atoms with van der Waals surface area (Å²) in [5.41, 5.74) is 1.29. The lowest BCUT2D eigenvalue weighted by Gasteiger charge is -2.30. The number of hydrogen-bond donors (Lipinski definition) is 1. The van der Waals surface area contributed by atoms with Crippen molar-refractivity contribution in [2.24, 2.45) is 0 Å². The van der Waals surface area contributed by atoms with Gasteiger partial charge in [0.2, 0.25) is 0 Å². The SMILES string of the molecule is CCCN(c1ncccc1C(C)NCC)C(C)C. The van der Waals surface area contributed by atoms with Gasteiger partial charge < -0.3 is 10.2 Å². The third kappa shape index (κ3) is 3.70. The van der Waals surface area contributed by atoms with Crippen molar-refractivity contribution in [2.45, 2.75) is 53.1 Å². The average Bonchev–Trinajstić information content (AvgIpc) is 2.36. The Morgan fingerprint density at radius 2 is 2.00 bits per heavy atom. The summed E-state index contributed by atoms with van der Waals surface area (Å²) in [5, 5.41) is 3.47. The molecule has 1 aromatic rings. The van der Waals surface area contributed by atoms with Gasteiger partial charge in [-0.25, -0.2) is 4.98 Å². The van der Waals surface area contributed by atoms with Crippen molar-refractivity contribution >= 4 is 5.82 Å². The fraction of sp³-hybridized carbons (Fsp3) is 0.667. The van der Waals surface area contributed by atoms with Gasteiger partial charge in [-0.1, -0.05) is 19.9 Å². The van der Waals surface area contributed by atoms with Gasteiger partial charge in [-0.2, -0.15) is 0 Å². The Labute approximate surface area is 112 Å². The zero-order chi connectivity index (χ0) is 13.5. The van der Waals surface area contributed by atoms with Crippen molar-refractivity contribution < 1.29 is 0 Å². The fourth-order valence-corrected chi connectivity index (χ4v) is 2.25. The molecule has 0 saturated carbocycles. The van der Waals surface area contributed by atoms with Crippen LogP contribution in [0.1, 0.15) is 52.6 Å². The Kier molecular flexibility index (Phi) is 6.13. The van der Waals surface area contributed by atoms with Crippen LogP contribution < -0.4 is 10.2 Å². The van der Waals surface area contributed by atoms with Crippen LogP contribution >= 0.6 is 0 Å². The van der Waals surface area contributed by atoms with E-state index in [0.717, 1.165) is 25.3 Å². The number of aromatic nitrogens is 1. The molecule has 0 spiro atoms. The molecule has 1 atom stereocenters. The highest BCUT2D eigenvalue weighted by Gasteiger charge is 2.17. The minimum absolute atomic E-state index is 0.344. The van der Waals surface area contributed by atoms with E-state index < -0.39 is 0 Å². The highest BCUT2D eigenvalue weighted by atomic mass is 15.2. The van der Waals surface area contributed by atoms with E-state index in [4.69, 9.17) is 0 Å². The summed E-state index contributed by atoms with van der Waals surface area (Å²) in [5.74, 6) is 1.13. The largest absolute Gasteiger partial charge is 0.354 e. The van der Waals surface area contributed by atoms with Gasteiger partial charge >= 0.3 is 0 Å². The summed E-state index contributed by atoms with van der Waals surface area (Å²) in [6.07, 6.45) is 3.03. The van der Waals surface area contributed by atoms with Crippen LogP contribution in [0, 0.1) is 0 Å². The predicted octanol–water partition coefficient (Wildman–Crippen LogP) is 3.38. The van der Waals surface area contributed by atoms with E-state index in [9.17, 15) is 0 Å². The van der Waals surface area contributed by atoms with Gasteiger partial charge in [-0.15, -0.1) is 0 Å². The molecule has 0 bridgehead atoms. The second-order valence-electron chi connectivity index (χ2n) is 4.98. The molecule has 0 aliphatic carbocycles. The predicted molar refractivity (Wildman–Crippen MR) is 79.1 cm³/mol. The van der Waals surface area contributed by atoms with E-state index in [1.54, 1.807) is 0 Å². The zero-order valence-corrected chi connectivity index (χ0v) is 12.4. The molecule has 1 N–H and O–H groups in total. The Hall–Kier alpha value is -1.09. The highest BCUT2D eigenvalue weighted by molar-refractivity contribution is 5.49. The lowest BCUT2D eigenvalue weighted by Crippen LogP contribution is -2.34. The van der Waals surface area contributed by atoms with Gasteiger partial charge in [0.1, 0.15) is 5.82 Å². The van der Waals surface area contributed by atoms with Gasteiger partial charge in [0.15, 0.2) is 0 Å². The van der Waals surface area contributed by atoms with Gasteiger partial charge in [0.25, 0.3) is 0 Å². The van der Waals surface area contributed by atoms with Crippen molar-refractivity contribution in [3.8, 4) is 0 Å². The highest BCUT2D eigenvalue weighted by Crippen LogP contribution is 2.25. The van der Waals surface area contributed by atoms with Crippen molar-refractivity contribution in [1.29, 1.82) is 0 Å². The van der Waals surface area contributed by atoms with Crippen LogP contribution in [-0.4, -0.2) is 24.1 Å². The molecular formula is C15H27N3. The normalized spacial score (nSPS) is 12.8. The quantitative estimate of drug-likeness (QED) is 0.803. The van der Waals surface area contributed by atoms with Crippen LogP contribution in [0.2, 0.25) is 0 Å². The van der Waals surface area contributed by atoms with E-state index in [1.165, 1.54) is 5.56 Å². The monoisotopic (exact) mass is 249 g/mol. The summed E-state index contributed by atoms with van der Waals surface area (Å²) >= 11 is 0. The molecule has 0 aliphatic heterocycles. The number of nitrogens with zero attached hydrogens (tertiary/aromatic N) is 2. The summed E-state index contributed by atoms with van der Waals surface area (Å²) in [4.78, 5) is 7.00. The molecule has 3 nitrogen and oxygen atoms in total. The third-order valence-electron chi connectivity index (χ3n) is 3.15. The summed E-state index contributed by atoms with van der Waals surface area (Å²) < 4.78 is 0. The van der Waals surface area contributed by atoms with Crippen LogP contribution in [0.4, 0.5) is 5.82 Å². The van der Waals surface area contributed by atoms with Crippen molar-refractivity contribution in [1.82, 2.24) is 10.3 Å². The second kappa shape index (κ2) is 7.37. The van der Waals surface area contributed by atoms with Crippen LogP contribution in [0.3, 0.4) is 0 Å². The first-order chi connectivity index (χ1) is 8.61. The first-order valence-corrected chi connectivity index (χ1v) is 7.06. The summed E-state index contributed by atoms with van der Waals surface area (Å²) in [7, 11) is 0. The van der Waals surface area contributed by atoms with Crippen molar-refractivity contribution in [3.05, 3.63) is 23.9 Å². The Morgan fingerprint density at radius 3 is 2.56 bits per heavy atom. The second-order valence-corrected chi connectivity index (χ2v) is 4.98. The molecule has 18 heavy (non-hydrogen) atoms. The fourth-order valence-electron chi connectivity index (χ4n) is 2.25. The Bertz CT molecular complexity index is 349. The molecule has 0 aliphatic rings. The maximum absolute atomic E-state index is 4.61. The maximum Gasteiger partial charge on any atom is 0.133 e. The lowest BCUT2D eigenvalue weighted by molar-refractivity contribution is 0.585. The van der Waals surface area contributed by atoms with E-state index in [2.05, 4.69) is 55.9 Å². The third-order valence-corrected chi connectivity index (χ3v) is 3.15. The Morgan fingerprint density at radius 1 is 1.28 bits per heavy atom. The molecule has 1 heterocycles. The number of nitrogens with one attached hydrogen (secondary N) is 1. The number of pyridine rings is 1. The van der Waals surface area contributed by atoms with Crippen LogP contribution in [0.15, 0.2) is 18.3 Å². The Balaban J connectivity index is 3.05. The molecule has 0 amide bonds. The molecule has 3 heteroatoms. The molecule has 1 aromatic heterocycles. The molecule has 0 radical (unpaired) electrons. The topological polar surface area (TPSA) is 28.2 Å². The van der Waals surface area contributed by atoms with Gasteiger partial charge in [-0.05, 0) is 39.8 Å². The van der Waals surface area contributed by atoms with E-state index >= 15 is 0 Å². The van der Waals surface area contributed by atoms with E-state index in [1.807, 2.05) is 12.3 Å².